The average molecular weight is 274 g/mol. The summed E-state index contributed by atoms with van der Waals surface area (Å²) >= 11 is 5.64. The second kappa shape index (κ2) is 5.07. The van der Waals surface area contributed by atoms with E-state index >= 15 is 0 Å². The summed E-state index contributed by atoms with van der Waals surface area (Å²) in [7, 11) is 1.54. The normalized spacial score (nSPS) is 23.4. The molecule has 0 spiro atoms. The molecule has 2 atom stereocenters. The minimum Gasteiger partial charge on any atom is -0.380 e. The molecule has 98 valence electrons. The van der Waals surface area contributed by atoms with Crippen molar-refractivity contribution in [2.75, 3.05) is 18.6 Å². The Kier molecular flexibility index (Phi) is 3.68. The number of carbonyl (C=O) groups excluding carboxylic acids is 1. The molecule has 2 heterocycles. The molecule has 1 aromatic rings. The molecule has 18 heavy (non-hydrogen) atoms. The van der Waals surface area contributed by atoms with Crippen molar-refractivity contribution in [2.45, 2.75) is 18.6 Å². The molecule has 1 aromatic heterocycles. The number of primary amides is 1. The molecule has 1 amide bonds. The molecule has 1 aliphatic rings. The first-order chi connectivity index (χ1) is 8.52. The topological polar surface area (TPSA) is 68.5 Å². The van der Waals surface area contributed by atoms with Crippen molar-refractivity contribution in [3.8, 4) is 0 Å². The highest BCUT2D eigenvalue weighted by atomic mass is 35.5. The van der Waals surface area contributed by atoms with E-state index in [-0.39, 0.29) is 16.9 Å². The molecule has 2 rings (SSSR count). The Morgan fingerprint density at radius 1 is 1.72 bits per heavy atom. The number of halogens is 2. The van der Waals surface area contributed by atoms with Gasteiger partial charge in [0.1, 0.15) is 6.04 Å². The molecule has 0 radical (unpaired) electrons. The number of rotatable bonds is 3. The van der Waals surface area contributed by atoms with Crippen LogP contribution in [0.2, 0.25) is 5.02 Å². The van der Waals surface area contributed by atoms with E-state index < -0.39 is 17.8 Å². The van der Waals surface area contributed by atoms with Crippen molar-refractivity contribution in [3.63, 3.8) is 0 Å². The van der Waals surface area contributed by atoms with Crippen LogP contribution >= 0.6 is 11.6 Å². The Labute approximate surface area is 109 Å². The zero-order chi connectivity index (χ0) is 13.3. The zero-order valence-electron chi connectivity index (χ0n) is 9.77. The SMILES string of the molecule is CO[C@H]1C[C@@H](C(N)=O)N(c2ncc(Cl)cc2F)C1. The van der Waals surface area contributed by atoms with Crippen LogP contribution in [0.4, 0.5) is 10.2 Å². The van der Waals surface area contributed by atoms with E-state index in [0.29, 0.717) is 13.0 Å². The molecule has 1 aliphatic heterocycles. The van der Waals surface area contributed by atoms with Gasteiger partial charge in [-0.1, -0.05) is 11.6 Å². The number of aromatic nitrogens is 1. The van der Waals surface area contributed by atoms with Crippen LogP contribution < -0.4 is 10.6 Å². The van der Waals surface area contributed by atoms with Gasteiger partial charge in [0.15, 0.2) is 11.6 Å². The number of nitrogens with two attached hydrogens (primary N) is 1. The van der Waals surface area contributed by atoms with E-state index in [1.807, 2.05) is 0 Å². The summed E-state index contributed by atoms with van der Waals surface area (Å²) in [5.74, 6) is -1.03. The van der Waals surface area contributed by atoms with Crippen LogP contribution in [-0.2, 0) is 9.53 Å². The largest absolute Gasteiger partial charge is 0.380 e. The highest BCUT2D eigenvalue weighted by molar-refractivity contribution is 6.30. The Hall–Kier alpha value is -1.40. The zero-order valence-corrected chi connectivity index (χ0v) is 10.5. The molecule has 0 bridgehead atoms. The first-order valence-corrected chi connectivity index (χ1v) is 5.80. The van der Waals surface area contributed by atoms with Crippen LogP contribution in [0, 0.1) is 5.82 Å². The van der Waals surface area contributed by atoms with Crippen LogP contribution in [0.25, 0.3) is 0 Å². The standard InChI is InChI=1S/C11H13ClFN3O2/c1-18-7-3-9(10(14)17)16(5-7)11-8(13)2-6(12)4-15-11/h2,4,7,9H,3,5H2,1H3,(H2,14,17)/t7-,9-/m0/s1. The molecule has 2 N–H and O–H groups in total. The lowest BCUT2D eigenvalue weighted by Gasteiger charge is -2.23. The molecule has 0 aromatic carbocycles. The minimum absolute atomic E-state index is 0.0720. The van der Waals surface area contributed by atoms with E-state index in [4.69, 9.17) is 22.1 Å². The van der Waals surface area contributed by atoms with Gasteiger partial charge in [-0.2, -0.15) is 0 Å². The third-order valence-electron chi connectivity index (χ3n) is 2.98. The molecule has 0 saturated carbocycles. The van der Waals surface area contributed by atoms with Gasteiger partial charge in [-0.05, 0) is 6.07 Å². The van der Waals surface area contributed by atoms with Gasteiger partial charge in [-0.15, -0.1) is 0 Å². The van der Waals surface area contributed by atoms with Gasteiger partial charge in [-0.25, -0.2) is 9.37 Å². The monoisotopic (exact) mass is 273 g/mol. The van der Waals surface area contributed by atoms with Crippen molar-refractivity contribution in [1.82, 2.24) is 4.98 Å². The van der Waals surface area contributed by atoms with E-state index in [9.17, 15) is 9.18 Å². The fourth-order valence-electron chi connectivity index (χ4n) is 2.09. The van der Waals surface area contributed by atoms with Crippen LogP contribution in [-0.4, -0.2) is 36.7 Å². The van der Waals surface area contributed by atoms with Gasteiger partial charge in [0.05, 0.1) is 11.1 Å². The number of methoxy groups -OCH3 is 1. The van der Waals surface area contributed by atoms with Crippen molar-refractivity contribution in [1.29, 1.82) is 0 Å². The Balaban J connectivity index is 2.32. The highest BCUT2D eigenvalue weighted by Gasteiger charge is 2.37. The van der Waals surface area contributed by atoms with Crippen molar-refractivity contribution in [3.05, 3.63) is 23.1 Å². The van der Waals surface area contributed by atoms with Crippen molar-refractivity contribution >= 4 is 23.3 Å². The molecule has 1 saturated heterocycles. The molecule has 7 heteroatoms. The summed E-state index contributed by atoms with van der Waals surface area (Å²) in [5, 5.41) is 0.203. The van der Waals surface area contributed by atoms with E-state index in [1.165, 1.54) is 18.2 Å². The Morgan fingerprint density at radius 2 is 2.44 bits per heavy atom. The Morgan fingerprint density at radius 3 is 3.00 bits per heavy atom. The lowest BCUT2D eigenvalue weighted by atomic mass is 10.2. The summed E-state index contributed by atoms with van der Waals surface area (Å²) in [4.78, 5) is 16.8. The molecule has 0 unspecified atom stereocenters. The summed E-state index contributed by atoms with van der Waals surface area (Å²) in [6, 6.07) is 0.542. The van der Waals surface area contributed by atoms with Gasteiger partial charge in [0.25, 0.3) is 0 Å². The van der Waals surface area contributed by atoms with Gasteiger partial charge < -0.3 is 15.4 Å². The second-order valence-corrected chi connectivity index (χ2v) is 4.56. The van der Waals surface area contributed by atoms with Crippen LogP contribution in [0.5, 0.6) is 0 Å². The van der Waals surface area contributed by atoms with Crippen molar-refractivity contribution < 1.29 is 13.9 Å². The number of hydrogen-bond acceptors (Lipinski definition) is 4. The number of pyridine rings is 1. The van der Waals surface area contributed by atoms with Gasteiger partial charge in [0, 0.05) is 26.3 Å². The number of carbonyl (C=O) groups is 1. The summed E-state index contributed by atoms with van der Waals surface area (Å²) < 4.78 is 19.0. The number of anilines is 1. The molecule has 1 fully saturated rings. The molecular formula is C11H13ClFN3O2. The van der Waals surface area contributed by atoms with Crippen molar-refractivity contribution in [2.24, 2.45) is 5.73 Å². The van der Waals surface area contributed by atoms with Crippen LogP contribution in [0.15, 0.2) is 12.3 Å². The summed E-state index contributed by atoms with van der Waals surface area (Å²) in [6.07, 6.45) is 1.59. The quantitative estimate of drug-likeness (QED) is 0.890. The maximum atomic E-state index is 13.8. The molecular weight excluding hydrogens is 261 g/mol. The number of ether oxygens (including phenoxy) is 1. The molecule has 5 nitrogen and oxygen atoms in total. The third-order valence-corrected chi connectivity index (χ3v) is 3.19. The van der Waals surface area contributed by atoms with Gasteiger partial charge in [0.2, 0.25) is 5.91 Å². The predicted octanol–water partition coefficient (Wildman–Crippen LogP) is 0.953. The third kappa shape index (κ3) is 2.39. The van der Waals surface area contributed by atoms with Gasteiger partial charge in [-0.3, -0.25) is 4.79 Å². The average Bonchev–Trinajstić information content (AvgIpc) is 2.73. The maximum absolute atomic E-state index is 13.8. The van der Waals surface area contributed by atoms with Gasteiger partial charge >= 0.3 is 0 Å². The smallest absolute Gasteiger partial charge is 0.240 e. The van der Waals surface area contributed by atoms with Crippen LogP contribution in [0.3, 0.4) is 0 Å². The number of amides is 1. The van der Waals surface area contributed by atoms with E-state index in [1.54, 1.807) is 0 Å². The molecule has 0 aliphatic carbocycles. The summed E-state index contributed by atoms with van der Waals surface area (Å²) in [5.41, 5.74) is 5.31. The summed E-state index contributed by atoms with van der Waals surface area (Å²) in [6.45, 7) is 0.371. The number of hydrogen-bond donors (Lipinski definition) is 1. The lowest BCUT2D eigenvalue weighted by Crippen LogP contribution is -2.41. The van der Waals surface area contributed by atoms with E-state index in [2.05, 4.69) is 4.98 Å². The fraction of sp³-hybridized carbons (Fsp3) is 0.455. The van der Waals surface area contributed by atoms with Crippen LogP contribution in [0.1, 0.15) is 6.42 Å². The first-order valence-electron chi connectivity index (χ1n) is 5.42. The maximum Gasteiger partial charge on any atom is 0.240 e. The highest BCUT2D eigenvalue weighted by Crippen LogP contribution is 2.28. The van der Waals surface area contributed by atoms with E-state index in [0.717, 1.165) is 6.07 Å². The number of nitrogens with zero attached hydrogens (tertiary/aromatic N) is 2. The lowest BCUT2D eigenvalue weighted by molar-refractivity contribution is -0.119. The first kappa shape index (κ1) is 13.0. The minimum atomic E-state index is -0.613. The fourth-order valence-corrected chi connectivity index (χ4v) is 2.24. The Bertz CT molecular complexity index is 472. The predicted molar refractivity (Wildman–Crippen MR) is 64.9 cm³/mol. The second-order valence-electron chi connectivity index (χ2n) is 4.12.